The summed E-state index contributed by atoms with van der Waals surface area (Å²) in [5, 5.41) is 41.5. The van der Waals surface area contributed by atoms with E-state index in [1.54, 1.807) is 0 Å². The minimum atomic E-state index is -1.31. The molecular weight excluding hydrogens is 410 g/mol. The van der Waals surface area contributed by atoms with E-state index in [-0.39, 0.29) is 6.54 Å². The van der Waals surface area contributed by atoms with E-state index in [2.05, 4.69) is 4.90 Å². The zero-order chi connectivity index (χ0) is 22.8. The van der Waals surface area contributed by atoms with Crippen LogP contribution in [-0.2, 0) is 4.74 Å². The Bertz CT molecular complexity index is 653. The molecule has 182 valence electrons. The Kier molecular flexibility index (Phi) is 10.5. The van der Waals surface area contributed by atoms with Crippen molar-refractivity contribution in [3.05, 3.63) is 24.3 Å². The zero-order valence-corrected chi connectivity index (χ0v) is 19.1. The molecule has 0 spiro atoms. The van der Waals surface area contributed by atoms with Gasteiger partial charge in [0.25, 0.3) is 0 Å². The number of hydrogen-bond donors (Lipinski definition) is 4. The number of rotatable bonds is 4. The second kappa shape index (κ2) is 13.4. The van der Waals surface area contributed by atoms with Crippen molar-refractivity contribution in [2.45, 2.75) is 82.2 Å². The van der Waals surface area contributed by atoms with Gasteiger partial charge in [-0.05, 0) is 50.2 Å². The van der Waals surface area contributed by atoms with Gasteiger partial charge in [0, 0.05) is 31.5 Å². The highest BCUT2D eigenvalue weighted by Gasteiger charge is 2.34. The Labute approximate surface area is 192 Å². The van der Waals surface area contributed by atoms with Gasteiger partial charge in [0.15, 0.2) is 0 Å². The van der Waals surface area contributed by atoms with E-state index < -0.39 is 31.0 Å². The molecule has 32 heavy (non-hydrogen) atoms. The Morgan fingerprint density at radius 1 is 0.969 bits per heavy atom. The summed E-state index contributed by atoms with van der Waals surface area (Å²) < 4.78 is 11.7. The third kappa shape index (κ3) is 7.59. The summed E-state index contributed by atoms with van der Waals surface area (Å²) in [5.74, 6) is 1.36. The molecule has 3 rings (SSSR count). The van der Waals surface area contributed by atoms with Crippen LogP contribution >= 0.6 is 0 Å². The third-order valence-electron chi connectivity index (χ3n) is 6.71. The van der Waals surface area contributed by atoms with Crippen LogP contribution < -0.4 is 9.64 Å². The molecule has 0 saturated heterocycles. The first-order valence-corrected chi connectivity index (χ1v) is 12.3. The molecule has 0 unspecified atom stereocenters. The van der Waals surface area contributed by atoms with Crippen LogP contribution in [0.5, 0.6) is 5.75 Å². The number of aliphatic hydroxyl groups is 4. The highest BCUT2D eigenvalue weighted by atomic mass is 16.5. The van der Waals surface area contributed by atoms with Crippen molar-refractivity contribution in [1.29, 1.82) is 0 Å². The summed E-state index contributed by atoms with van der Waals surface area (Å²) >= 11 is 0. The fourth-order valence-corrected chi connectivity index (χ4v) is 4.80. The molecule has 0 aromatic heterocycles. The summed E-state index contributed by atoms with van der Waals surface area (Å²) in [7, 11) is 0. The van der Waals surface area contributed by atoms with Crippen molar-refractivity contribution in [2.75, 3.05) is 37.8 Å². The number of hydrogen-bond acceptors (Lipinski definition) is 7. The Hall–Kier alpha value is -1.38. The third-order valence-corrected chi connectivity index (χ3v) is 6.71. The second-order valence-electron chi connectivity index (χ2n) is 9.31. The van der Waals surface area contributed by atoms with Crippen molar-refractivity contribution < 1.29 is 29.9 Å². The van der Waals surface area contributed by atoms with Crippen molar-refractivity contribution in [3.8, 4) is 5.75 Å². The molecule has 0 amide bonds. The van der Waals surface area contributed by atoms with Crippen molar-refractivity contribution in [3.63, 3.8) is 0 Å². The van der Waals surface area contributed by atoms with Crippen LogP contribution in [0.4, 0.5) is 5.69 Å². The van der Waals surface area contributed by atoms with Crippen LogP contribution in [0.25, 0.3) is 0 Å². The average molecular weight is 452 g/mol. The van der Waals surface area contributed by atoms with Crippen molar-refractivity contribution in [2.24, 2.45) is 5.92 Å². The SMILES string of the molecule is OC[C@@H](O)[C@H]1OCCCCCCOc2cccc(c2)N(CC2CCCCC2)C[C@@H](O)[C@H]1O. The molecule has 1 heterocycles. The lowest BCUT2D eigenvalue weighted by atomic mass is 9.88. The largest absolute Gasteiger partial charge is 0.494 e. The van der Waals surface area contributed by atoms with E-state index in [9.17, 15) is 20.4 Å². The predicted octanol–water partition coefficient (Wildman–Crippen LogP) is 2.49. The van der Waals surface area contributed by atoms with E-state index in [0.717, 1.165) is 43.7 Å². The number of benzene rings is 1. The fourth-order valence-electron chi connectivity index (χ4n) is 4.80. The quantitative estimate of drug-likeness (QED) is 0.558. The maximum atomic E-state index is 10.9. The molecule has 1 aliphatic carbocycles. The zero-order valence-electron chi connectivity index (χ0n) is 19.1. The molecule has 1 fully saturated rings. The number of β-amino-alcohol motifs (C(OH)–C–C–N with tert-alkyl or cyclic N) is 1. The number of aliphatic hydroxyl groups excluding tert-OH is 4. The molecule has 1 aromatic rings. The Morgan fingerprint density at radius 2 is 1.69 bits per heavy atom. The van der Waals surface area contributed by atoms with Crippen LogP contribution in [0.3, 0.4) is 0 Å². The van der Waals surface area contributed by atoms with Crippen molar-refractivity contribution in [1.82, 2.24) is 0 Å². The van der Waals surface area contributed by atoms with Crippen LogP contribution in [0.1, 0.15) is 57.8 Å². The highest BCUT2D eigenvalue weighted by molar-refractivity contribution is 5.51. The number of fused-ring (bicyclic) bond motifs is 2. The van der Waals surface area contributed by atoms with Gasteiger partial charge in [-0.3, -0.25) is 0 Å². The molecule has 0 radical (unpaired) electrons. The maximum absolute atomic E-state index is 10.9. The van der Waals surface area contributed by atoms with Gasteiger partial charge in [-0.25, -0.2) is 0 Å². The second-order valence-corrected chi connectivity index (χ2v) is 9.31. The van der Waals surface area contributed by atoms with Gasteiger partial charge in [0.1, 0.15) is 24.1 Å². The predicted molar refractivity (Wildman–Crippen MR) is 124 cm³/mol. The molecule has 7 nitrogen and oxygen atoms in total. The Morgan fingerprint density at radius 3 is 2.44 bits per heavy atom. The lowest BCUT2D eigenvalue weighted by Gasteiger charge is -2.36. The van der Waals surface area contributed by atoms with Gasteiger partial charge in [-0.15, -0.1) is 0 Å². The average Bonchev–Trinajstić information content (AvgIpc) is 2.82. The van der Waals surface area contributed by atoms with Gasteiger partial charge in [-0.2, -0.15) is 0 Å². The van der Waals surface area contributed by atoms with E-state index in [1.807, 2.05) is 24.3 Å². The fraction of sp³-hybridized carbons (Fsp3) is 0.760. The molecule has 7 heteroatoms. The van der Waals surface area contributed by atoms with Gasteiger partial charge < -0.3 is 34.8 Å². The minimum absolute atomic E-state index is 0.207. The van der Waals surface area contributed by atoms with E-state index in [1.165, 1.54) is 32.1 Å². The van der Waals surface area contributed by atoms with Gasteiger partial charge in [0.2, 0.25) is 0 Å². The first kappa shape index (κ1) is 25.2. The first-order chi connectivity index (χ1) is 15.6. The van der Waals surface area contributed by atoms with Crippen molar-refractivity contribution >= 4 is 5.69 Å². The van der Waals surface area contributed by atoms with E-state index in [4.69, 9.17) is 9.47 Å². The van der Waals surface area contributed by atoms with Gasteiger partial charge in [-0.1, -0.05) is 31.7 Å². The Balaban J connectivity index is 1.81. The lowest BCUT2D eigenvalue weighted by Crippen LogP contribution is -2.51. The standard InChI is InChI=1S/C25H41NO6/c27-18-23(29)25-24(30)22(28)17-26(16-19-9-4-3-5-10-19)20-11-8-12-21(15-20)31-13-6-1-2-7-14-32-25/h8,11-12,15,19,22-25,27-30H,1-7,9-10,13-14,16-18H2/t22-,23-,24-,25-/m1/s1. The molecule has 2 bridgehead atoms. The van der Waals surface area contributed by atoms with Gasteiger partial charge >= 0.3 is 0 Å². The molecular formula is C25H41NO6. The molecule has 1 aromatic carbocycles. The lowest BCUT2D eigenvalue weighted by molar-refractivity contribution is -0.141. The summed E-state index contributed by atoms with van der Waals surface area (Å²) in [4.78, 5) is 2.12. The first-order valence-electron chi connectivity index (χ1n) is 12.3. The smallest absolute Gasteiger partial charge is 0.121 e. The minimum Gasteiger partial charge on any atom is -0.494 e. The molecule has 2 aliphatic rings. The number of nitrogens with zero attached hydrogens (tertiary/aromatic N) is 1. The molecule has 4 N–H and O–H groups in total. The number of anilines is 1. The molecule has 1 saturated carbocycles. The normalized spacial score (nSPS) is 28.1. The van der Waals surface area contributed by atoms with Crippen LogP contribution in [0, 0.1) is 5.92 Å². The van der Waals surface area contributed by atoms with Crippen LogP contribution in [0.2, 0.25) is 0 Å². The monoisotopic (exact) mass is 451 g/mol. The summed E-state index contributed by atoms with van der Waals surface area (Å²) in [6.45, 7) is 1.48. The van der Waals surface area contributed by atoms with Crippen LogP contribution in [-0.4, -0.2) is 77.8 Å². The summed E-state index contributed by atoms with van der Waals surface area (Å²) in [5.41, 5.74) is 0.951. The maximum Gasteiger partial charge on any atom is 0.121 e. The highest BCUT2D eigenvalue weighted by Crippen LogP contribution is 2.29. The van der Waals surface area contributed by atoms with E-state index in [0.29, 0.717) is 19.1 Å². The summed E-state index contributed by atoms with van der Waals surface area (Å²) in [6, 6.07) is 7.93. The summed E-state index contributed by atoms with van der Waals surface area (Å²) in [6.07, 6.45) is 5.00. The topological polar surface area (TPSA) is 103 Å². The van der Waals surface area contributed by atoms with Gasteiger partial charge in [0.05, 0.1) is 19.3 Å². The molecule has 1 aliphatic heterocycles. The van der Waals surface area contributed by atoms with Crippen LogP contribution in [0.15, 0.2) is 24.3 Å². The van der Waals surface area contributed by atoms with E-state index >= 15 is 0 Å². The molecule has 4 atom stereocenters. The number of ether oxygens (including phenoxy) is 2.